The van der Waals surface area contributed by atoms with Gasteiger partial charge in [0.15, 0.2) is 0 Å². The van der Waals surface area contributed by atoms with Crippen molar-refractivity contribution in [3.8, 4) is 0 Å². The van der Waals surface area contributed by atoms with Gasteiger partial charge in [-0.3, -0.25) is 4.57 Å². The maximum atomic E-state index is 12.1. The minimum atomic E-state index is -3.01. The highest BCUT2D eigenvalue weighted by Gasteiger charge is 2.20. The van der Waals surface area contributed by atoms with E-state index in [4.69, 9.17) is 13.8 Å². The monoisotopic (exact) mass is 302 g/mol. The second kappa shape index (κ2) is 11.6. The molecule has 0 aromatic heterocycles. The normalized spacial score (nSPS) is 12.8. The fraction of sp³-hybridized carbons (Fsp3) is 0.500. The largest absolute Gasteiger partial charge is 0.463 e. The third kappa shape index (κ3) is 9.73. The van der Waals surface area contributed by atoms with Crippen LogP contribution in [0.5, 0.6) is 0 Å². The maximum absolute atomic E-state index is 12.1. The third-order valence-corrected chi connectivity index (χ3v) is 3.93. The van der Waals surface area contributed by atoms with Crippen LogP contribution < -0.4 is 0 Å². The lowest BCUT2D eigenvalue weighted by Gasteiger charge is -2.14. The lowest BCUT2D eigenvalue weighted by atomic mass is 10.4. The highest BCUT2D eigenvalue weighted by molar-refractivity contribution is 7.54. The van der Waals surface area contributed by atoms with Gasteiger partial charge in [0, 0.05) is 6.08 Å². The van der Waals surface area contributed by atoms with Crippen molar-refractivity contribution < 1.29 is 23.1 Å². The summed E-state index contributed by atoms with van der Waals surface area (Å²) in [6.07, 6.45) is 9.96. The first kappa shape index (κ1) is 18.8. The van der Waals surface area contributed by atoms with Crippen LogP contribution in [0.1, 0.15) is 20.8 Å². The number of allylic oxidation sites excluding steroid dienone is 5. The lowest BCUT2D eigenvalue weighted by molar-refractivity contribution is -0.137. The Hall–Kier alpha value is -1.16. The highest BCUT2D eigenvalue weighted by atomic mass is 31.2. The third-order valence-electron chi connectivity index (χ3n) is 1.97. The molecule has 0 bridgehead atoms. The zero-order valence-corrected chi connectivity index (χ0v) is 13.2. The van der Waals surface area contributed by atoms with E-state index < -0.39 is 7.60 Å². The summed E-state index contributed by atoms with van der Waals surface area (Å²) in [6.45, 7) is 6.35. The van der Waals surface area contributed by atoms with Gasteiger partial charge in [-0.25, -0.2) is 4.79 Å². The average molecular weight is 302 g/mol. The summed E-state index contributed by atoms with van der Waals surface area (Å²) in [4.78, 5) is 11.0. The molecule has 0 saturated carbocycles. The van der Waals surface area contributed by atoms with Crippen molar-refractivity contribution in [3.63, 3.8) is 0 Å². The van der Waals surface area contributed by atoms with E-state index in [1.54, 1.807) is 51.2 Å². The molecule has 0 unspecified atom stereocenters. The molecule has 0 spiro atoms. The van der Waals surface area contributed by atoms with Gasteiger partial charge in [0.05, 0.1) is 26.0 Å². The standard InChI is InChI=1S/C14H23O5P/c1-4-17-14(15)12-10-8-7-9-11-13-20(16,18-5-2)19-6-3/h7-12H,4-6,13H2,1-3H3. The van der Waals surface area contributed by atoms with Crippen molar-refractivity contribution in [2.75, 3.05) is 26.0 Å². The molecule has 0 N–H and O–H groups in total. The number of ether oxygens (including phenoxy) is 1. The predicted octanol–water partition coefficient (Wildman–Crippen LogP) is 3.48. The van der Waals surface area contributed by atoms with Gasteiger partial charge in [-0.05, 0) is 20.8 Å². The van der Waals surface area contributed by atoms with Gasteiger partial charge in [0.1, 0.15) is 0 Å². The van der Waals surface area contributed by atoms with Crippen LogP contribution in [0.2, 0.25) is 0 Å². The predicted molar refractivity (Wildman–Crippen MR) is 79.8 cm³/mol. The molecule has 0 aliphatic rings. The van der Waals surface area contributed by atoms with Gasteiger partial charge in [0.25, 0.3) is 0 Å². The lowest BCUT2D eigenvalue weighted by Crippen LogP contribution is -1.98. The van der Waals surface area contributed by atoms with E-state index in [1.807, 2.05) is 0 Å². The highest BCUT2D eigenvalue weighted by Crippen LogP contribution is 2.47. The zero-order valence-electron chi connectivity index (χ0n) is 12.3. The van der Waals surface area contributed by atoms with Crippen LogP contribution in [0.15, 0.2) is 36.5 Å². The molecule has 20 heavy (non-hydrogen) atoms. The quantitative estimate of drug-likeness (QED) is 0.267. The van der Waals surface area contributed by atoms with E-state index in [2.05, 4.69) is 0 Å². The van der Waals surface area contributed by atoms with Gasteiger partial charge in [-0.15, -0.1) is 0 Å². The first-order chi connectivity index (χ1) is 9.58. The van der Waals surface area contributed by atoms with Gasteiger partial charge in [-0.2, -0.15) is 0 Å². The van der Waals surface area contributed by atoms with Crippen LogP contribution in [-0.2, 0) is 23.1 Å². The van der Waals surface area contributed by atoms with Gasteiger partial charge >= 0.3 is 13.6 Å². The summed E-state index contributed by atoms with van der Waals surface area (Å²) in [5.41, 5.74) is 0. The molecule has 0 aromatic carbocycles. The molecule has 114 valence electrons. The first-order valence-electron chi connectivity index (χ1n) is 6.62. The van der Waals surface area contributed by atoms with Crippen molar-refractivity contribution >= 4 is 13.6 Å². The van der Waals surface area contributed by atoms with Crippen molar-refractivity contribution in [2.24, 2.45) is 0 Å². The summed E-state index contributed by atoms with van der Waals surface area (Å²) < 4.78 is 27.1. The summed E-state index contributed by atoms with van der Waals surface area (Å²) in [6, 6.07) is 0. The molecule has 0 aliphatic heterocycles. The van der Waals surface area contributed by atoms with E-state index in [0.29, 0.717) is 19.8 Å². The Kier molecular flexibility index (Phi) is 11.0. The van der Waals surface area contributed by atoms with Crippen LogP contribution in [0, 0.1) is 0 Å². The number of hydrogen-bond donors (Lipinski definition) is 0. The Balaban J connectivity index is 4.17. The fourth-order valence-corrected chi connectivity index (χ4v) is 2.71. The van der Waals surface area contributed by atoms with Gasteiger partial charge in [-0.1, -0.05) is 30.4 Å². The fourth-order valence-electron chi connectivity index (χ4n) is 1.26. The van der Waals surface area contributed by atoms with E-state index >= 15 is 0 Å². The first-order valence-corrected chi connectivity index (χ1v) is 8.35. The van der Waals surface area contributed by atoms with Crippen LogP contribution in [0.4, 0.5) is 0 Å². The summed E-state index contributed by atoms with van der Waals surface area (Å²) in [7, 11) is -3.01. The molecule has 0 amide bonds. The summed E-state index contributed by atoms with van der Waals surface area (Å²) in [5, 5.41) is 0. The molecular formula is C14H23O5P. The number of carbonyl (C=O) groups is 1. The van der Waals surface area contributed by atoms with Crippen molar-refractivity contribution in [1.29, 1.82) is 0 Å². The molecule has 0 heterocycles. The Labute approximate surface area is 120 Å². The van der Waals surface area contributed by atoms with Gasteiger partial charge < -0.3 is 13.8 Å². The van der Waals surface area contributed by atoms with E-state index in [0.717, 1.165) is 0 Å². The number of hydrogen-bond acceptors (Lipinski definition) is 5. The SMILES string of the molecule is CCOC(=O)C=CC=CC=CCP(=O)(OCC)OCC. The number of carbonyl (C=O) groups excluding carboxylic acids is 1. The molecule has 0 fully saturated rings. The molecule has 6 heteroatoms. The van der Waals surface area contributed by atoms with Gasteiger partial charge in [0.2, 0.25) is 0 Å². The minimum Gasteiger partial charge on any atom is -0.463 e. The Morgan fingerprint density at radius 1 is 0.950 bits per heavy atom. The van der Waals surface area contributed by atoms with Crippen molar-refractivity contribution in [1.82, 2.24) is 0 Å². The smallest absolute Gasteiger partial charge is 0.334 e. The van der Waals surface area contributed by atoms with Crippen molar-refractivity contribution in [3.05, 3.63) is 36.5 Å². The minimum absolute atomic E-state index is 0.223. The van der Waals surface area contributed by atoms with Crippen LogP contribution >= 0.6 is 7.60 Å². The molecule has 0 atom stereocenters. The molecule has 0 aromatic rings. The van der Waals surface area contributed by atoms with E-state index in [-0.39, 0.29) is 12.1 Å². The summed E-state index contributed by atoms with van der Waals surface area (Å²) in [5.74, 6) is -0.377. The Morgan fingerprint density at radius 2 is 1.55 bits per heavy atom. The molecular weight excluding hydrogens is 279 g/mol. The van der Waals surface area contributed by atoms with Crippen molar-refractivity contribution in [2.45, 2.75) is 20.8 Å². The zero-order chi connectivity index (χ0) is 15.3. The average Bonchev–Trinajstić information content (AvgIpc) is 2.38. The molecule has 0 rings (SSSR count). The second-order valence-electron chi connectivity index (χ2n) is 3.55. The summed E-state index contributed by atoms with van der Waals surface area (Å²) >= 11 is 0. The molecule has 0 saturated heterocycles. The molecule has 0 radical (unpaired) electrons. The number of rotatable bonds is 10. The Bertz CT molecular complexity index is 388. The maximum Gasteiger partial charge on any atom is 0.334 e. The Morgan fingerprint density at radius 3 is 2.10 bits per heavy atom. The second-order valence-corrected chi connectivity index (χ2v) is 5.66. The van der Waals surface area contributed by atoms with E-state index in [9.17, 15) is 9.36 Å². The van der Waals surface area contributed by atoms with Crippen LogP contribution in [0.3, 0.4) is 0 Å². The number of esters is 1. The molecule has 0 aliphatic carbocycles. The topological polar surface area (TPSA) is 61.8 Å². The van der Waals surface area contributed by atoms with E-state index in [1.165, 1.54) is 6.08 Å². The van der Waals surface area contributed by atoms with Crippen LogP contribution in [0.25, 0.3) is 0 Å². The van der Waals surface area contributed by atoms with Crippen LogP contribution in [-0.4, -0.2) is 32.0 Å². The molecule has 5 nitrogen and oxygen atoms in total.